The Balaban J connectivity index is 2.32. The molecule has 1 aliphatic carbocycles. The molecule has 0 saturated heterocycles. The summed E-state index contributed by atoms with van der Waals surface area (Å²) in [6, 6.07) is 4.15. The SMILES string of the molecule is Cc1cc(C)c(C(=O)C(CP=O)C2CCCCC2)c(C)c1. The lowest BCUT2D eigenvalue weighted by atomic mass is 9.76. The third kappa shape index (κ3) is 3.80. The maximum Gasteiger partial charge on any atom is 0.167 e. The standard InChI is InChI=1S/C18H25O2P/c1-12-9-13(2)17(14(3)10-12)18(19)16(11-21-20)15-7-5-4-6-8-15/h9-10,15-16H,4-8,11H2,1-3H3. The highest BCUT2D eigenvalue weighted by atomic mass is 31.1. The van der Waals surface area contributed by atoms with E-state index in [1.807, 2.05) is 13.8 Å². The topological polar surface area (TPSA) is 34.1 Å². The average Bonchev–Trinajstić information content (AvgIpc) is 2.44. The normalized spacial score (nSPS) is 17.9. The van der Waals surface area contributed by atoms with E-state index < -0.39 is 0 Å². The summed E-state index contributed by atoms with van der Waals surface area (Å²) < 4.78 is 11.2. The lowest BCUT2D eigenvalue weighted by molar-refractivity contribution is 0.0866. The second-order valence-corrected chi connectivity index (χ2v) is 7.08. The van der Waals surface area contributed by atoms with Gasteiger partial charge in [0.05, 0.1) is 0 Å². The quantitative estimate of drug-likeness (QED) is 0.547. The van der Waals surface area contributed by atoms with Gasteiger partial charge in [-0.25, -0.2) is 0 Å². The summed E-state index contributed by atoms with van der Waals surface area (Å²) in [4.78, 5) is 13.0. The van der Waals surface area contributed by atoms with Crippen LogP contribution in [0.1, 0.15) is 59.2 Å². The molecule has 0 amide bonds. The molecule has 0 spiro atoms. The zero-order valence-electron chi connectivity index (χ0n) is 13.3. The van der Waals surface area contributed by atoms with Crippen molar-refractivity contribution in [2.75, 3.05) is 6.16 Å². The van der Waals surface area contributed by atoms with Crippen molar-refractivity contribution in [2.45, 2.75) is 52.9 Å². The van der Waals surface area contributed by atoms with Gasteiger partial charge < -0.3 is 0 Å². The van der Waals surface area contributed by atoms with Crippen molar-refractivity contribution >= 4 is 14.2 Å². The second kappa shape index (κ2) is 7.31. The fourth-order valence-electron chi connectivity index (χ4n) is 3.82. The van der Waals surface area contributed by atoms with Gasteiger partial charge in [-0.2, -0.15) is 0 Å². The van der Waals surface area contributed by atoms with Crippen molar-refractivity contribution in [3.05, 3.63) is 34.4 Å². The van der Waals surface area contributed by atoms with Crippen molar-refractivity contribution in [3.8, 4) is 0 Å². The predicted octanol–water partition coefficient (Wildman–Crippen LogP) is 5.28. The monoisotopic (exact) mass is 304 g/mol. The summed E-state index contributed by atoms with van der Waals surface area (Å²) in [5.41, 5.74) is 4.17. The van der Waals surface area contributed by atoms with E-state index in [2.05, 4.69) is 19.1 Å². The molecule has 1 atom stereocenters. The smallest absolute Gasteiger partial charge is 0.167 e. The minimum atomic E-state index is -0.0791. The lowest BCUT2D eigenvalue weighted by Gasteiger charge is -2.28. The molecule has 1 unspecified atom stereocenters. The molecular weight excluding hydrogens is 279 g/mol. The van der Waals surface area contributed by atoms with E-state index in [-0.39, 0.29) is 20.2 Å². The first-order chi connectivity index (χ1) is 10.0. The van der Waals surface area contributed by atoms with Gasteiger partial charge in [0.25, 0.3) is 0 Å². The van der Waals surface area contributed by atoms with E-state index in [0.717, 1.165) is 29.5 Å². The van der Waals surface area contributed by atoms with Crippen LogP contribution in [0.3, 0.4) is 0 Å². The number of carbonyl (C=O) groups is 1. The molecule has 0 aromatic heterocycles. The van der Waals surface area contributed by atoms with E-state index >= 15 is 0 Å². The molecule has 0 aliphatic heterocycles. The van der Waals surface area contributed by atoms with Crippen LogP contribution in [-0.2, 0) is 4.57 Å². The first-order valence-electron chi connectivity index (χ1n) is 7.95. The van der Waals surface area contributed by atoms with Crippen LogP contribution in [0.5, 0.6) is 0 Å². The molecule has 21 heavy (non-hydrogen) atoms. The number of benzene rings is 1. The molecule has 1 saturated carbocycles. The van der Waals surface area contributed by atoms with E-state index in [1.165, 1.54) is 24.8 Å². The lowest BCUT2D eigenvalue weighted by Crippen LogP contribution is -2.28. The number of aryl methyl sites for hydroxylation is 3. The van der Waals surface area contributed by atoms with Gasteiger partial charge in [0.2, 0.25) is 0 Å². The molecule has 1 fully saturated rings. The molecule has 1 aromatic rings. The minimum absolute atomic E-state index is 0.0791. The molecule has 0 radical (unpaired) electrons. The Morgan fingerprint density at radius 1 is 1.14 bits per heavy atom. The van der Waals surface area contributed by atoms with Crippen LogP contribution in [0.2, 0.25) is 0 Å². The fraction of sp³-hybridized carbons (Fsp3) is 0.611. The number of carbonyl (C=O) groups excluding carboxylic acids is 1. The Bertz CT molecular complexity index is 507. The molecule has 0 heterocycles. The van der Waals surface area contributed by atoms with Crippen LogP contribution in [0.4, 0.5) is 0 Å². The molecule has 1 aliphatic rings. The van der Waals surface area contributed by atoms with Gasteiger partial charge in [-0.05, 0) is 50.7 Å². The third-order valence-electron chi connectivity index (χ3n) is 4.75. The van der Waals surface area contributed by atoms with Crippen LogP contribution in [0.25, 0.3) is 0 Å². The summed E-state index contributed by atoms with van der Waals surface area (Å²) in [5, 5.41) is 0. The maximum absolute atomic E-state index is 13.0. The van der Waals surface area contributed by atoms with E-state index in [1.54, 1.807) is 0 Å². The Hall–Kier alpha value is -1.01. The summed E-state index contributed by atoms with van der Waals surface area (Å²) in [7, 11) is 0.0955. The van der Waals surface area contributed by atoms with Gasteiger partial charge in [0.1, 0.15) is 0 Å². The highest BCUT2D eigenvalue weighted by Gasteiger charge is 2.31. The summed E-state index contributed by atoms with van der Waals surface area (Å²) in [6.07, 6.45) is 6.36. The third-order valence-corrected chi connectivity index (χ3v) is 5.29. The van der Waals surface area contributed by atoms with Crippen molar-refractivity contribution < 1.29 is 9.36 Å². The second-order valence-electron chi connectivity index (χ2n) is 6.45. The minimum Gasteiger partial charge on any atom is -0.294 e. The molecule has 1 aromatic carbocycles. The maximum atomic E-state index is 13.0. The van der Waals surface area contributed by atoms with Gasteiger partial charge in [0, 0.05) is 17.6 Å². The zero-order chi connectivity index (χ0) is 15.4. The van der Waals surface area contributed by atoms with Crippen molar-refractivity contribution in [3.63, 3.8) is 0 Å². The molecular formula is C18H25O2P. The number of rotatable bonds is 5. The zero-order valence-corrected chi connectivity index (χ0v) is 14.2. The fourth-order valence-corrected chi connectivity index (χ4v) is 4.44. The molecule has 114 valence electrons. The Kier molecular flexibility index (Phi) is 5.70. The molecule has 3 heteroatoms. The van der Waals surface area contributed by atoms with E-state index in [9.17, 15) is 9.36 Å². The highest BCUT2D eigenvalue weighted by Crippen LogP contribution is 2.34. The van der Waals surface area contributed by atoms with Crippen LogP contribution < -0.4 is 0 Å². The Morgan fingerprint density at radius 2 is 1.71 bits per heavy atom. The van der Waals surface area contributed by atoms with E-state index in [0.29, 0.717) is 12.1 Å². The predicted molar refractivity (Wildman–Crippen MR) is 87.5 cm³/mol. The van der Waals surface area contributed by atoms with Crippen molar-refractivity contribution in [1.29, 1.82) is 0 Å². The van der Waals surface area contributed by atoms with Crippen molar-refractivity contribution in [2.24, 2.45) is 11.8 Å². The van der Waals surface area contributed by atoms with Crippen molar-refractivity contribution in [1.82, 2.24) is 0 Å². The molecule has 0 bridgehead atoms. The van der Waals surface area contributed by atoms with Crippen LogP contribution in [0, 0.1) is 32.6 Å². The summed E-state index contributed by atoms with van der Waals surface area (Å²) in [5.74, 6) is 0.539. The summed E-state index contributed by atoms with van der Waals surface area (Å²) in [6.45, 7) is 6.09. The first-order valence-corrected chi connectivity index (χ1v) is 8.95. The largest absolute Gasteiger partial charge is 0.294 e. The number of Topliss-reactive ketones (excluding diaryl/α,β-unsaturated/α-hetero) is 1. The Morgan fingerprint density at radius 3 is 2.24 bits per heavy atom. The van der Waals surface area contributed by atoms with Gasteiger partial charge in [-0.15, -0.1) is 0 Å². The Labute approximate surface area is 129 Å². The molecule has 2 rings (SSSR count). The molecule has 2 nitrogen and oxygen atoms in total. The van der Waals surface area contributed by atoms with Gasteiger partial charge in [-0.3, -0.25) is 9.36 Å². The average molecular weight is 304 g/mol. The van der Waals surface area contributed by atoms with Gasteiger partial charge in [0.15, 0.2) is 14.2 Å². The van der Waals surface area contributed by atoms with E-state index in [4.69, 9.17) is 0 Å². The number of ketones is 1. The van der Waals surface area contributed by atoms with Crippen LogP contribution in [-0.4, -0.2) is 11.9 Å². The van der Waals surface area contributed by atoms with Crippen LogP contribution >= 0.6 is 8.46 Å². The number of hydrogen-bond acceptors (Lipinski definition) is 2. The molecule has 0 N–H and O–H groups in total. The van der Waals surface area contributed by atoms with Crippen LogP contribution in [0.15, 0.2) is 12.1 Å². The highest BCUT2D eigenvalue weighted by molar-refractivity contribution is 7.23. The first kappa shape index (κ1) is 16.4. The number of hydrogen-bond donors (Lipinski definition) is 0. The summed E-state index contributed by atoms with van der Waals surface area (Å²) >= 11 is 0. The van der Waals surface area contributed by atoms with Gasteiger partial charge >= 0.3 is 0 Å². The van der Waals surface area contributed by atoms with Gasteiger partial charge in [-0.1, -0.05) is 37.0 Å².